The number of aromatic nitrogens is 1. The van der Waals surface area contributed by atoms with Crippen molar-refractivity contribution in [2.75, 3.05) is 16.8 Å². The fourth-order valence-electron chi connectivity index (χ4n) is 7.88. The Kier molecular flexibility index (Phi) is 5.82. The van der Waals surface area contributed by atoms with E-state index in [-0.39, 0.29) is 6.17 Å². The largest absolute Gasteiger partial charge is 0.456 e. The zero-order valence-corrected chi connectivity index (χ0v) is 26.4. The second kappa shape index (κ2) is 10.4. The third-order valence-electron chi connectivity index (χ3n) is 10.0. The summed E-state index contributed by atoms with van der Waals surface area (Å²) in [6.45, 7) is 0. The van der Waals surface area contributed by atoms with E-state index in [2.05, 4.69) is 185 Å². The van der Waals surface area contributed by atoms with Gasteiger partial charge in [0.1, 0.15) is 17.3 Å². The van der Waals surface area contributed by atoms with Crippen LogP contribution in [-0.2, 0) is 0 Å². The van der Waals surface area contributed by atoms with Crippen molar-refractivity contribution in [3.63, 3.8) is 0 Å². The molecule has 0 N–H and O–H groups in total. The number of nitrogens with zero attached hydrogens (tertiary/aromatic N) is 3. The molecular formula is C44H31N3O. The molecule has 0 amide bonds. The molecule has 228 valence electrons. The Morgan fingerprint density at radius 3 is 1.90 bits per heavy atom. The van der Waals surface area contributed by atoms with Gasteiger partial charge in [-0.3, -0.25) is 0 Å². The van der Waals surface area contributed by atoms with E-state index in [1.807, 2.05) is 0 Å². The molecule has 1 aliphatic heterocycles. The predicted molar refractivity (Wildman–Crippen MR) is 200 cm³/mol. The van der Waals surface area contributed by atoms with Gasteiger partial charge < -0.3 is 18.8 Å². The van der Waals surface area contributed by atoms with Crippen molar-refractivity contribution in [2.45, 2.75) is 6.17 Å². The Morgan fingerprint density at radius 2 is 1.15 bits per heavy atom. The summed E-state index contributed by atoms with van der Waals surface area (Å²) in [6.07, 6.45) is 0.0689. The van der Waals surface area contributed by atoms with E-state index in [1.54, 1.807) is 0 Å². The molecule has 7 aromatic carbocycles. The summed E-state index contributed by atoms with van der Waals surface area (Å²) in [6, 6.07) is 58.7. The molecule has 3 heterocycles. The van der Waals surface area contributed by atoms with E-state index in [4.69, 9.17) is 4.42 Å². The Morgan fingerprint density at radius 1 is 0.500 bits per heavy atom. The zero-order chi connectivity index (χ0) is 31.8. The molecule has 9 aromatic rings. The first-order valence-electron chi connectivity index (χ1n) is 16.4. The molecule has 2 aromatic heterocycles. The average molecular weight is 618 g/mol. The molecular weight excluding hydrogens is 587 g/mol. The first kappa shape index (κ1) is 26.9. The standard InChI is InChI=1S/C44H31N3O/c1-45-39-19-9-10-20-40(39)47(44(45)30-12-3-2-4-13-30)31-24-22-29(23-25-31)33-16-11-21-41-43(33)36-27-26-32(28-42(36)48-41)46-37-17-7-5-14-34(37)35-15-6-8-18-38(35)46/h2-28,44H,1H3. The molecule has 0 saturated heterocycles. The minimum Gasteiger partial charge on any atom is -0.456 e. The smallest absolute Gasteiger partial charge is 0.137 e. The van der Waals surface area contributed by atoms with Crippen molar-refractivity contribution < 1.29 is 4.42 Å². The first-order valence-corrected chi connectivity index (χ1v) is 16.4. The number of hydrogen-bond donors (Lipinski definition) is 0. The quantitative estimate of drug-likeness (QED) is 0.196. The van der Waals surface area contributed by atoms with Crippen LogP contribution in [0.25, 0.3) is 60.6 Å². The van der Waals surface area contributed by atoms with Crippen molar-refractivity contribution in [3.8, 4) is 16.8 Å². The molecule has 0 saturated carbocycles. The van der Waals surface area contributed by atoms with E-state index in [0.717, 1.165) is 38.9 Å². The number of furan rings is 1. The highest BCUT2D eigenvalue weighted by molar-refractivity contribution is 6.13. The molecule has 1 aliphatic rings. The molecule has 1 unspecified atom stereocenters. The van der Waals surface area contributed by atoms with Gasteiger partial charge in [0.05, 0.1) is 22.4 Å². The van der Waals surface area contributed by atoms with Crippen molar-refractivity contribution in [3.05, 3.63) is 169 Å². The van der Waals surface area contributed by atoms with E-state index >= 15 is 0 Å². The summed E-state index contributed by atoms with van der Waals surface area (Å²) < 4.78 is 8.91. The summed E-state index contributed by atoms with van der Waals surface area (Å²) in [5.41, 5.74) is 12.4. The van der Waals surface area contributed by atoms with Crippen LogP contribution in [0.2, 0.25) is 0 Å². The predicted octanol–water partition coefficient (Wildman–Crippen LogP) is 11.6. The van der Waals surface area contributed by atoms with Crippen molar-refractivity contribution in [1.29, 1.82) is 0 Å². The maximum atomic E-state index is 6.57. The Balaban J connectivity index is 1.08. The van der Waals surface area contributed by atoms with Crippen molar-refractivity contribution in [1.82, 2.24) is 4.57 Å². The van der Waals surface area contributed by atoms with Crippen molar-refractivity contribution >= 4 is 60.8 Å². The highest BCUT2D eigenvalue weighted by Crippen LogP contribution is 2.49. The van der Waals surface area contributed by atoms with Gasteiger partial charge in [0.25, 0.3) is 0 Å². The van der Waals surface area contributed by atoms with Gasteiger partial charge in [-0.05, 0) is 71.3 Å². The van der Waals surface area contributed by atoms with Crippen LogP contribution in [0.5, 0.6) is 0 Å². The normalized spacial score (nSPS) is 14.5. The summed E-state index contributed by atoms with van der Waals surface area (Å²) in [5.74, 6) is 0. The lowest BCUT2D eigenvalue weighted by Crippen LogP contribution is -2.30. The highest BCUT2D eigenvalue weighted by Gasteiger charge is 2.35. The van der Waals surface area contributed by atoms with Gasteiger partial charge in [-0.25, -0.2) is 0 Å². The average Bonchev–Trinajstić information content (AvgIpc) is 3.79. The molecule has 4 heteroatoms. The van der Waals surface area contributed by atoms with E-state index in [9.17, 15) is 0 Å². The molecule has 4 nitrogen and oxygen atoms in total. The van der Waals surface area contributed by atoms with Crippen LogP contribution in [0.15, 0.2) is 168 Å². The van der Waals surface area contributed by atoms with E-state index < -0.39 is 0 Å². The second-order valence-electron chi connectivity index (χ2n) is 12.6. The fraction of sp³-hybridized carbons (Fsp3) is 0.0455. The Bertz CT molecular complexity index is 2600. The van der Waals surface area contributed by atoms with Crippen LogP contribution in [0.1, 0.15) is 11.7 Å². The maximum Gasteiger partial charge on any atom is 0.137 e. The molecule has 0 spiro atoms. The number of fused-ring (bicyclic) bond motifs is 7. The Hall–Kier alpha value is -6.26. The van der Waals surface area contributed by atoms with Gasteiger partial charge in [0.15, 0.2) is 0 Å². The zero-order valence-electron chi connectivity index (χ0n) is 26.4. The number of rotatable bonds is 4. The van der Waals surface area contributed by atoms with E-state index in [0.29, 0.717) is 0 Å². The summed E-state index contributed by atoms with van der Waals surface area (Å²) >= 11 is 0. The topological polar surface area (TPSA) is 24.6 Å². The summed E-state index contributed by atoms with van der Waals surface area (Å²) in [4.78, 5) is 4.81. The second-order valence-corrected chi connectivity index (χ2v) is 12.6. The van der Waals surface area contributed by atoms with Crippen LogP contribution in [0.3, 0.4) is 0 Å². The Labute approximate surface area is 278 Å². The van der Waals surface area contributed by atoms with Gasteiger partial charge in [-0.2, -0.15) is 0 Å². The molecule has 0 fully saturated rings. The minimum absolute atomic E-state index is 0.0689. The number of benzene rings is 7. The fourth-order valence-corrected chi connectivity index (χ4v) is 7.88. The third-order valence-corrected chi connectivity index (χ3v) is 10.0. The molecule has 0 bridgehead atoms. The lowest BCUT2D eigenvalue weighted by Gasteiger charge is -2.31. The SMILES string of the molecule is CN1c2ccccc2N(c2ccc(-c3cccc4oc5cc(-n6c7ccccc7c7ccccc76)ccc5c34)cc2)C1c1ccccc1. The van der Waals surface area contributed by atoms with E-state index in [1.165, 1.54) is 44.3 Å². The maximum absolute atomic E-state index is 6.57. The molecule has 10 rings (SSSR count). The van der Waals surface area contributed by atoms with Crippen molar-refractivity contribution in [2.24, 2.45) is 0 Å². The van der Waals surface area contributed by atoms with Gasteiger partial charge >= 0.3 is 0 Å². The first-order chi connectivity index (χ1) is 23.7. The minimum atomic E-state index is 0.0689. The van der Waals surface area contributed by atoms with Gasteiger partial charge in [-0.15, -0.1) is 0 Å². The molecule has 1 atom stereocenters. The van der Waals surface area contributed by atoms with Crippen LogP contribution in [0.4, 0.5) is 17.1 Å². The van der Waals surface area contributed by atoms with Gasteiger partial charge in [-0.1, -0.05) is 103 Å². The highest BCUT2D eigenvalue weighted by atomic mass is 16.3. The lowest BCUT2D eigenvalue weighted by atomic mass is 9.99. The summed E-state index contributed by atoms with van der Waals surface area (Å²) in [5, 5.41) is 4.77. The van der Waals surface area contributed by atoms with Gasteiger partial charge in [0, 0.05) is 46.0 Å². The van der Waals surface area contributed by atoms with Gasteiger partial charge in [0.2, 0.25) is 0 Å². The number of anilines is 3. The number of para-hydroxylation sites is 4. The van der Waals surface area contributed by atoms with Crippen LogP contribution < -0.4 is 9.80 Å². The lowest BCUT2D eigenvalue weighted by molar-refractivity contribution is 0.668. The van der Waals surface area contributed by atoms with Crippen LogP contribution in [-0.4, -0.2) is 11.6 Å². The number of hydrogen-bond acceptors (Lipinski definition) is 3. The summed E-state index contributed by atoms with van der Waals surface area (Å²) in [7, 11) is 2.18. The third kappa shape index (κ3) is 3.90. The van der Waals surface area contributed by atoms with Crippen LogP contribution in [0, 0.1) is 0 Å². The monoisotopic (exact) mass is 617 g/mol. The molecule has 0 radical (unpaired) electrons. The molecule has 0 aliphatic carbocycles. The molecule has 48 heavy (non-hydrogen) atoms. The van der Waals surface area contributed by atoms with Crippen LogP contribution >= 0.6 is 0 Å².